The summed E-state index contributed by atoms with van der Waals surface area (Å²) in [6.07, 6.45) is 1.79. The SMILES string of the molecule is CCOC1=Cc2nc(C)nn2C(c2ccccc2)(c2ccccc2)O1. The molecular weight excluding hydrogens is 314 g/mol. The first-order chi connectivity index (χ1) is 12.2. The molecule has 0 atom stereocenters. The van der Waals surface area contributed by atoms with E-state index in [1.54, 1.807) is 6.08 Å². The van der Waals surface area contributed by atoms with Crippen LogP contribution in [0.4, 0.5) is 0 Å². The van der Waals surface area contributed by atoms with Gasteiger partial charge < -0.3 is 9.47 Å². The average molecular weight is 333 g/mol. The molecule has 0 unspecified atom stereocenters. The average Bonchev–Trinajstić information content (AvgIpc) is 3.03. The van der Waals surface area contributed by atoms with Crippen molar-refractivity contribution >= 4 is 6.08 Å². The molecule has 0 saturated heterocycles. The zero-order valence-corrected chi connectivity index (χ0v) is 14.2. The maximum absolute atomic E-state index is 6.43. The third-order valence-corrected chi connectivity index (χ3v) is 4.15. The summed E-state index contributed by atoms with van der Waals surface area (Å²) in [5.41, 5.74) is 0.952. The largest absolute Gasteiger partial charge is 0.466 e. The topological polar surface area (TPSA) is 49.2 Å². The predicted molar refractivity (Wildman–Crippen MR) is 94.5 cm³/mol. The molecule has 0 spiro atoms. The molecule has 3 aromatic rings. The monoisotopic (exact) mass is 333 g/mol. The van der Waals surface area contributed by atoms with Gasteiger partial charge in [-0.2, -0.15) is 9.78 Å². The minimum absolute atomic E-state index is 0.440. The molecule has 0 saturated carbocycles. The Morgan fingerprint density at radius 1 is 1.00 bits per heavy atom. The van der Waals surface area contributed by atoms with E-state index in [1.807, 2.05) is 79.2 Å². The maximum atomic E-state index is 6.43. The number of aryl methyl sites for hydroxylation is 1. The van der Waals surface area contributed by atoms with Crippen LogP contribution in [-0.2, 0) is 15.2 Å². The minimum Gasteiger partial charge on any atom is -0.466 e. The van der Waals surface area contributed by atoms with Gasteiger partial charge in [0.05, 0.1) is 12.7 Å². The molecule has 0 radical (unpaired) electrons. The lowest BCUT2D eigenvalue weighted by atomic mass is 9.93. The predicted octanol–water partition coefficient (Wildman–Crippen LogP) is 3.70. The highest BCUT2D eigenvalue weighted by atomic mass is 16.7. The fourth-order valence-electron chi connectivity index (χ4n) is 3.15. The molecule has 0 aliphatic carbocycles. The number of hydrogen-bond acceptors (Lipinski definition) is 4. The van der Waals surface area contributed by atoms with Gasteiger partial charge in [-0.05, 0) is 13.8 Å². The van der Waals surface area contributed by atoms with E-state index in [0.29, 0.717) is 24.2 Å². The first kappa shape index (κ1) is 15.4. The highest BCUT2D eigenvalue weighted by molar-refractivity contribution is 5.49. The van der Waals surface area contributed by atoms with E-state index in [0.717, 1.165) is 11.1 Å². The molecule has 0 N–H and O–H groups in total. The van der Waals surface area contributed by atoms with Gasteiger partial charge in [-0.3, -0.25) is 0 Å². The molecule has 126 valence electrons. The third-order valence-electron chi connectivity index (χ3n) is 4.15. The zero-order chi connectivity index (χ0) is 17.3. The van der Waals surface area contributed by atoms with Crippen LogP contribution in [0.2, 0.25) is 0 Å². The van der Waals surface area contributed by atoms with Crippen molar-refractivity contribution < 1.29 is 9.47 Å². The van der Waals surface area contributed by atoms with Crippen molar-refractivity contribution in [3.05, 3.63) is 89.4 Å². The van der Waals surface area contributed by atoms with E-state index in [2.05, 4.69) is 10.1 Å². The summed E-state index contributed by atoms with van der Waals surface area (Å²) < 4.78 is 14.0. The summed E-state index contributed by atoms with van der Waals surface area (Å²) in [6, 6.07) is 20.1. The number of rotatable bonds is 4. The Morgan fingerprint density at radius 2 is 1.60 bits per heavy atom. The number of ether oxygens (including phenoxy) is 2. The lowest BCUT2D eigenvalue weighted by Gasteiger charge is -2.38. The molecule has 5 nitrogen and oxygen atoms in total. The van der Waals surface area contributed by atoms with Gasteiger partial charge in [0.15, 0.2) is 5.82 Å². The molecule has 5 heteroatoms. The van der Waals surface area contributed by atoms with Crippen molar-refractivity contribution in [3.63, 3.8) is 0 Å². The molecule has 0 amide bonds. The van der Waals surface area contributed by atoms with E-state index in [4.69, 9.17) is 9.47 Å². The fourth-order valence-corrected chi connectivity index (χ4v) is 3.15. The van der Waals surface area contributed by atoms with Gasteiger partial charge in [0.1, 0.15) is 5.82 Å². The Kier molecular flexibility index (Phi) is 3.76. The molecule has 1 aromatic heterocycles. The molecule has 2 aromatic carbocycles. The van der Waals surface area contributed by atoms with Crippen molar-refractivity contribution in [2.45, 2.75) is 19.6 Å². The molecule has 0 fully saturated rings. The number of fused-ring (bicyclic) bond motifs is 1. The summed E-state index contributed by atoms with van der Waals surface area (Å²) >= 11 is 0. The minimum atomic E-state index is -0.960. The smallest absolute Gasteiger partial charge is 0.285 e. The van der Waals surface area contributed by atoms with Crippen molar-refractivity contribution in [1.82, 2.24) is 14.8 Å². The molecule has 1 aliphatic rings. The Hall–Kier alpha value is -3.08. The Bertz CT molecular complexity index is 862. The van der Waals surface area contributed by atoms with Gasteiger partial charge in [-0.15, -0.1) is 0 Å². The van der Waals surface area contributed by atoms with E-state index in [9.17, 15) is 0 Å². The van der Waals surface area contributed by atoms with Crippen LogP contribution in [0.15, 0.2) is 66.6 Å². The standard InChI is InChI=1S/C20H19N3O2/c1-3-24-19-14-18-21-15(2)22-23(18)20(25-19,16-10-6-4-7-11-16)17-12-8-5-9-13-17/h4-14H,3H2,1-2H3. The van der Waals surface area contributed by atoms with Crippen LogP contribution in [0.5, 0.6) is 0 Å². The van der Waals surface area contributed by atoms with Crippen LogP contribution in [0.25, 0.3) is 6.08 Å². The summed E-state index contributed by atoms with van der Waals surface area (Å²) in [7, 11) is 0. The van der Waals surface area contributed by atoms with E-state index < -0.39 is 5.72 Å². The van der Waals surface area contributed by atoms with Gasteiger partial charge in [0.2, 0.25) is 0 Å². The quantitative estimate of drug-likeness (QED) is 0.730. The Balaban J connectivity index is 2.02. The summed E-state index contributed by atoms with van der Waals surface area (Å²) in [5, 5.41) is 4.63. The Morgan fingerprint density at radius 3 is 2.16 bits per heavy atom. The van der Waals surface area contributed by atoms with E-state index in [1.165, 1.54) is 0 Å². The molecule has 1 aliphatic heterocycles. The lowest BCUT2D eigenvalue weighted by molar-refractivity contribution is -0.0799. The van der Waals surface area contributed by atoms with Crippen molar-refractivity contribution in [2.24, 2.45) is 0 Å². The normalized spacial score (nSPS) is 15.0. The first-order valence-corrected chi connectivity index (χ1v) is 8.32. The lowest BCUT2D eigenvalue weighted by Crippen LogP contribution is -2.43. The molecule has 2 heterocycles. The van der Waals surface area contributed by atoms with Crippen LogP contribution in [0.1, 0.15) is 29.7 Å². The highest BCUT2D eigenvalue weighted by Gasteiger charge is 2.45. The zero-order valence-electron chi connectivity index (χ0n) is 14.2. The van der Waals surface area contributed by atoms with Gasteiger partial charge in [0, 0.05) is 11.1 Å². The molecular formula is C20H19N3O2. The first-order valence-electron chi connectivity index (χ1n) is 8.32. The second-order valence-electron chi connectivity index (χ2n) is 5.80. The van der Waals surface area contributed by atoms with Gasteiger partial charge >= 0.3 is 0 Å². The van der Waals surface area contributed by atoms with Crippen LogP contribution in [0.3, 0.4) is 0 Å². The van der Waals surface area contributed by atoms with Gasteiger partial charge in [0.25, 0.3) is 11.7 Å². The number of hydrogen-bond donors (Lipinski definition) is 0. The van der Waals surface area contributed by atoms with E-state index >= 15 is 0 Å². The molecule has 25 heavy (non-hydrogen) atoms. The number of benzene rings is 2. The fraction of sp³-hybridized carbons (Fsp3) is 0.200. The molecule has 0 bridgehead atoms. The van der Waals surface area contributed by atoms with Crippen molar-refractivity contribution in [3.8, 4) is 0 Å². The van der Waals surface area contributed by atoms with Crippen LogP contribution < -0.4 is 0 Å². The number of aromatic nitrogens is 3. The second-order valence-corrected chi connectivity index (χ2v) is 5.80. The van der Waals surface area contributed by atoms with E-state index in [-0.39, 0.29) is 0 Å². The molecule has 4 rings (SSSR count). The maximum Gasteiger partial charge on any atom is 0.285 e. The van der Waals surface area contributed by atoms with Crippen LogP contribution >= 0.6 is 0 Å². The summed E-state index contributed by atoms with van der Waals surface area (Å²) in [4.78, 5) is 4.55. The van der Waals surface area contributed by atoms with Crippen molar-refractivity contribution in [1.29, 1.82) is 0 Å². The summed E-state index contributed by atoms with van der Waals surface area (Å²) in [5.74, 6) is 1.83. The van der Waals surface area contributed by atoms with Crippen LogP contribution in [-0.4, -0.2) is 21.4 Å². The van der Waals surface area contributed by atoms with Crippen LogP contribution in [0, 0.1) is 6.92 Å². The second kappa shape index (κ2) is 6.09. The Labute approximate surface area is 146 Å². The third kappa shape index (κ3) is 2.48. The number of nitrogens with zero attached hydrogens (tertiary/aromatic N) is 3. The van der Waals surface area contributed by atoms with Crippen molar-refractivity contribution in [2.75, 3.05) is 6.61 Å². The summed E-state index contributed by atoms with van der Waals surface area (Å²) in [6.45, 7) is 4.32. The highest BCUT2D eigenvalue weighted by Crippen LogP contribution is 2.41. The van der Waals surface area contributed by atoms with Gasteiger partial charge in [-0.25, -0.2) is 4.98 Å². The van der Waals surface area contributed by atoms with Gasteiger partial charge in [-0.1, -0.05) is 60.7 Å².